The molecule has 1 aromatic rings. The number of hydrogen-bond donors (Lipinski definition) is 0. The molecule has 1 aromatic carbocycles. The molecule has 2 unspecified atom stereocenters. The number of ether oxygens (including phenoxy) is 2. The van der Waals surface area contributed by atoms with E-state index in [9.17, 15) is 0 Å². The van der Waals surface area contributed by atoms with E-state index in [4.69, 9.17) is 9.47 Å². The summed E-state index contributed by atoms with van der Waals surface area (Å²) in [5.41, 5.74) is 1.12. The van der Waals surface area contributed by atoms with Gasteiger partial charge in [-0.05, 0) is 30.3 Å². The highest BCUT2D eigenvalue weighted by molar-refractivity contribution is 7.99. The standard InChI is InChI=1S/C17H22O2S/c1-13-6-5-9-15-16(10-11-20-12-13)19-17(18-15)14-7-3-2-4-8-14/h2-8,13,15-17H,9-12H2,1H3/b6-5+/t13?,15-,16-,17?/m1/s1. The van der Waals surface area contributed by atoms with Gasteiger partial charge in [-0.15, -0.1) is 0 Å². The normalized spacial score (nSPS) is 36.2. The van der Waals surface area contributed by atoms with Crippen molar-refractivity contribution in [2.45, 2.75) is 38.3 Å². The van der Waals surface area contributed by atoms with E-state index in [1.54, 1.807) is 0 Å². The quantitative estimate of drug-likeness (QED) is 0.723. The van der Waals surface area contributed by atoms with E-state index in [1.165, 1.54) is 5.75 Å². The van der Waals surface area contributed by atoms with Gasteiger partial charge in [0.15, 0.2) is 6.29 Å². The Morgan fingerprint density at radius 1 is 1.10 bits per heavy atom. The van der Waals surface area contributed by atoms with Crippen molar-refractivity contribution < 1.29 is 9.47 Å². The third-order valence-corrected chi connectivity index (χ3v) is 5.13. The lowest BCUT2D eigenvalue weighted by Gasteiger charge is -2.17. The lowest BCUT2D eigenvalue weighted by Crippen LogP contribution is -2.23. The Labute approximate surface area is 125 Å². The summed E-state index contributed by atoms with van der Waals surface area (Å²) in [5.74, 6) is 3.02. The van der Waals surface area contributed by atoms with Gasteiger partial charge in [-0.25, -0.2) is 0 Å². The summed E-state index contributed by atoms with van der Waals surface area (Å²) in [4.78, 5) is 0. The molecule has 20 heavy (non-hydrogen) atoms. The van der Waals surface area contributed by atoms with Gasteiger partial charge in [-0.3, -0.25) is 0 Å². The SMILES string of the molecule is CC1/C=C/C[C@H]2OC(c3ccccc3)O[C@@H]2CCSC1. The van der Waals surface area contributed by atoms with Crippen molar-refractivity contribution in [1.82, 2.24) is 0 Å². The molecule has 1 fully saturated rings. The van der Waals surface area contributed by atoms with Crippen LogP contribution in [0.2, 0.25) is 0 Å². The van der Waals surface area contributed by atoms with Crippen LogP contribution >= 0.6 is 11.8 Å². The summed E-state index contributed by atoms with van der Waals surface area (Å²) in [6.45, 7) is 2.28. The molecule has 2 nitrogen and oxygen atoms in total. The predicted octanol–water partition coefficient (Wildman–Crippen LogP) is 4.19. The Morgan fingerprint density at radius 2 is 1.90 bits per heavy atom. The van der Waals surface area contributed by atoms with Gasteiger partial charge < -0.3 is 9.47 Å². The summed E-state index contributed by atoms with van der Waals surface area (Å²) < 4.78 is 12.3. The number of benzene rings is 1. The molecule has 108 valence electrons. The Hall–Kier alpha value is -0.770. The van der Waals surface area contributed by atoms with E-state index >= 15 is 0 Å². The molecule has 0 spiro atoms. The smallest absolute Gasteiger partial charge is 0.184 e. The van der Waals surface area contributed by atoms with E-state index in [1.807, 2.05) is 30.0 Å². The van der Waals surface area contributed by atoms with E-state index in [0.29, 0.717) is 5.92 Å². The van der Waals surface area contributed by atoms with Crippen LogP contribution in [0.1, 0.15) is 31.6 Å². The van der Waals surface area contributed by atoms with Crippen molar-refractivity contribution >= 4 is 11.8 Å². The van der Waals surface area contributed by atoms with Gasteiger partial charge in [0, 0.05) is 5.56 Å². The van der Waals surface area contributed by atoms with Gasteiger partial charge in [0.2, 0.25) is 0 Å². The summed E-state index contributed by atoms with van der Waals surface area (Å²) in [6, 6.07) is 10.3. The van der Waals surface area contributed by atoms with Crippen molar-refractivity contribution in [3.63, 3.8) is 0 Å². The van der Waals surface area contributed by atoms with Gasteiger partial charge in [-0.2, -0.15) is 11.8 Å². The van der Waals surface area contributed by atoms with Crippen LogP contribution in [-0.2, 0) is 9.47 Å². The summed E-state index contributed by atoms with van der Waals surface area (Å²) in [6.07, 6.45) is 6.86. The highest BCUT2D eigenvalue weighted by Gasteiger charge is 2.35. The average Bonchev–Trinajstić information content (AvgIpc) is 2.88. The fourth-order valence-corrected chi connectivity index (χ4v) is 3.77. The van der Waals surface area contributed by atoms with E-state index in [0.717, 1.165) is 24.2 Å². The first-order valence-corrected chi connectivity index (χ1v) is 8.58. The number of fused-ring (bicyclic) bond motifs is 1. The number of hydrogen-bond acceptors (Lipinski definition) is 3. The van der Waals surface area contributed by atoms with Crippen LogP contribution in [0.3, 0.4) is 0 Å². The number of thioether (sulfide) groups is 1. The molecule has 2 aliphatic rings. The fourth-order valence-electron chi connectivity index (χ4n) is 2.72. The second-order valence-corrected chi connectivity index (χ2v) is 6.75. The largest absolute Gasteiger partial charge is 0.342 e. The lowest BCUT2D eigenvalue weighted by molar-refractivity contribution is -0.0686. The first-order valence-electron chi connectivity index (χ1n) is 7.43. The maximum absolute atomic E-state index is 6.14. The Bertz CT molecular complexity index is 446. The monoisotopic (exact) mass is 290 g/mol. The minimum Gasteiger partial charge on any atom is -0.342 e. The highest BCUT2D eigenvalue weighted by Crippen LogP contribution is 2.35. The zero-order valence-corrected chi connectivity index (χ0v) is 12.7. The first-order chi connectivity index (χ1) is 9.83. The van der Waals surface area contributed by atoms with Crippen LogP contribution in [0.15, 0.2) is 42.5 Å². The lowest BCUT2D eigenvalue weighted by atomic mass is 10.1. The molecule has 0 N–H and O–H groups in total. The molecule has 4 atom stereocenters. The Balaban J connectivity index is 1.69. The van der Waals surface area contributed by atoms with Crippen LogP contribution in [0.5, 0.6) is 0 Å². The molecule has 0 amide bonds. The van der Waals surface area contributed by atoms with E-state index in [-0.39, 0.29) is 18.5 Å². The van der Waals surface area contributed by atoms with Crippen molar-refractivity contribution in [3.8, 4) is 0 Å². The summed E-state index contributed by atoms with van der Waals surface area (Å²) in [7, 11) is 0. The summed E-state index contributed by atoms with van der Waals surface area (Å²) >= 11 is 2.02. The van der Waals surface area contributed by atoms with Crippen molar-refractivity contribution in [3.05, 3.63) is 48.0 Å². The topological polar surface area (TPSA) is 18.5 Å². The minimum atomic E-state index is -0.192. The zero-order valence-electron chi connectivity index (χ0n) is 11.9. The maximum atomic E-state index is 6.14. The maximum Gasteiger partial charge on any atom is 0.184 e. The molecule has 0 aliphatic carbocycles. The van der Waals surface area contributed by atoms with Crippen molar-refractivity contribution in [2.75, 3.05) is 11.5 Å². The minimum absolute atomic E-state index is 0.192. The van der Waals surface area contributed by atoms with Crippen LogP contribution in [0, 0.1) is 5.92 Å². The molecule has 3 heteroatoms. The summed E-state index contributed by atoms with van der Waals surface area (Å²) in [5, 5.41) is 0. The second kappa shape index (κ2) is 6.79. The molecule has 0 bridgehead atoms. The van der Waals surface area contributed by atoms with Crippen LogP contribution in [0.4, 0.5) is 0 Å². The molecule has 1 saturated heterocycles. The average molecular weight is 290 g/mol. The molecular formula is C17H22O2S. The molecular weight excluding hydrogens is 268 g/mol. The Kier molecular flexibility index (Phi) is 4.81. The van der Waals surface area contributed by atoms with Gasteiger partial charge in [0.1, 0.15) is 0 Å². The zero-order chi connectivity index (χ0) is 13.8. The highest BCUT2D eigenvalue weighted by atomic mass is 32.2. The van der Waals surface area contributed by atoms with E-state index < -0.39 is 0 Å². The third-order valence-electron chi connectivity index (χ3n) is 3.84. The number of allylic oxidation sites excluding steroid dienone is 1. The van der Waals surface area contributed by atoms with E-state index in [2.05, 4.69) is 31.2 Å². The molecule has 0 aromatic heterocycles. The third kappa shape index (κ3) is 3.46. The molecule has 0 radical (unpaired) electrons. The van der Waals surface area contributed by atoms with Crippen molar-refractivity contribution in [1.29, 1.82) is 0 Å². The van der Waals surface area contributed by atoms with Crippen molar-refractivity contribution in [2.24, 2.45) is 5.92 Å². The van der Waals surface area contributed by atoms with Gasteiger partial charge in [-0.1, -0.05) is 49.4 Å². The van der Waals surface area contributed by atoms with Crippen LogP contribution in [-0.4, -0.2) is 23.7 Å². The van der Waals surface area contributed by atoms with Crippen LogP contribution in [0.25, 0.3) is 0 Å². The van der Waals surface area contributed by atoms with Crippen LogP contribution < -0.4 is 0 Å². The van der Waals surface area contributed by atoms with Gasteiger partial charge >= 0.3 is 0 Å². The number of rotatable bonds is 1. The molecule has 3 rings (SSSR count). The molecule has 2 heterocycles. The Morgan fingerprint density at radius 3 is 2.75 bits per heavy atom. The predicted molar refractivity (Wildman–Crippen MR) is 83.8 cm³/mol. The van der Waals surface area contributed by atoms with Gasteiger partial charge in [0.05, 0.1) is 12.2 Å². The molecule has 2 aliphatic heterocycles. The second-order valence-electron chi connectivity index (χ2n) is 5.60. The fraction of sp³-hybridized carbons (Fsp3) is 0.529. The van der Waals surface area contributed by atoms with Gasteiger partial charge in [0.25, 0.3) is 0 Å². The molecule has 0 saturated carbocycles. The first kappa shape index (κ1) is 14.2.